The molecule has 6 atom stereocenters. The lowest BCUT2D eigenvalue weighted by Crippen LogP contribution is -2.70. The number of oxime groups is 1. The van der Waals surface area contributed by atoms with Gasteiger partial charge in [-0.25, -0.2) is 4.79 Å². The molecule has 15 nitrogen and oxygen atoms in total. The molecule has 320 valence electrons. The Morgan fingerprint density at radius 3 is 2.47 bits per heavy atom. The third-order valence-electron chi connectivity index (χ3n) is 11.9. The number of carbonyl (C=O) groups excluding carboxylic acids is 1. The lowest BCUT2D eigenvalue weighted by Gasteiger charge is -2.59. The molecule has 2 aliphatic heterocycles. The third kappa shape index (κ3) is 8.79. The number of fused-ring (bicyclic) bond motifs is 3. The number of carbonyl (C=O) groups is 1. The van der Waals surface area contributed by atoms with Crippen LogP contribution in [0.2, 0.25) is 0 Å². The van der Waals surface area contributed by atoms with Crippen LogP contribution in [-0.2, 0) is 27.5 Å². The lowest BCUT2D eigenvalue weighted by molar-refractivity contribution is -0.384. The van der Waals surface area contributed by atoms with E-state index in [4.69, 9.17) is 33.7 Å². The molecule has 3 N–H and O–H groups in total. The molecule has 2 aliphatic carbocycles. The second-order valence-electron chi connectivity index (χ2n) is 15.5. The average molecular weight is 828 g/mol. The monoisotopic (exact) mass is 827 g/mol. The zero-order valence-electron chi connectivity index (χ0n) is 33.8. The molecule has 3 aromatic carbocycles. The molecule has 7 rings (SSSR count). The standard InChI is InChI=1S/C45H53N3O12/c1-3-21-58-45-41(47(44(52)55-4-2)26-30-13-17-39-40(22-30)57-28-56-39)25-37(46-59-27-29-11-14-32(15-12-29)48(53)54)35-23-31(9-5-7-19-49)34(10-6-8-20-50)42(43(35)45)36-24-33(51)16-18-38(36)60-45/h3,11-18,22-24,31,34,41-43,49-51H,1,4-10,19-21,25-28H2,2H3. The van der Waals surface area contributed by atoms with E-state index in [0.29, 0.717) is 41.4 Å². The van der Waals surface area contributed by atoms with Gasteiger partial charge in [0.2, 0.25) is 12.6 Å². The number of aliphatic hydroxyl groups excluding tert-OH is 2. The SMILES string of the molecule is C=CCOC12Oc3ccc(O)cc3C3C(CCCCO)C(CCCCO)C=C(C(=NOCc4ccc([N+](=O)[O-])cc4)CC1N(Cc1ccc4c(c1)OCO4)C(=O)OCC)C32. The van der Waals surface area contributed by atoms with E-state index < -0.39 is 28.8 Å². The molecule has 0 spiro atoms. The van der Waals surface area contributed by atoms with Crippen LogP contribution in [0.15, 0.2) is 90.1 Å². The molecule has 6 unspecified atom stereocenters. The third-order valence-corrected chi connectivity index (χ3v) is 11.9. The number of unbranched alkanes of at least 4 members (excludes halogenated alkanes) is 2. The lowest BCUT2D eigenvalue weighted by atomic mass is 9.55. The summed E-state index contributed by atoms with van der Waals surface area (Å²) >= 11 is 0. The quantitative estimate of drug-likeness (QED) is 0.0467. The fourth-order valence-electron chi connectivity index (χ4n) is 9.30. The second-order valence-corrected chi connectivity index (χ2v) is 15.5. The van der Waals surface area contributed by atoms with Gasteiger partial charge in [-0.3, -0.25) is 15.0 Å². The largest absolute Gasteiger partial charge is 0.508 e. The number of phenolic OH excluding ortho intramolecular Hbond substituents is 1. The fraction of sp³-hybridized carbons (Fsp3) is 0.467. The van der Waals surface area contributed by atoms with E-state index in [1.807, 2.05) is 12.1 Å². The number of phenols is 1. The number of hydrogen-bond acceptors (Lipinski definition) is 13. The van der Waals surface area contributed by atoms with Crippen molar-refractivity contribution < 1.29 is 53.6 Å². The van der Waals surface area contributed by atoms with E-state index in [0.717, 1.165) is 42.4 Å². The Morgan fingerprint density at radius 1 is 1.00 bits per heavy atom. The van der Waals surface area contributed by atoms with Crippen molar-refractivity contribution in [3.05, 3.63) is 112 Å². The minimum absolute atomic E-state index is 0.0110. The van der Waals surface area contributed by atoms with Gasteiger partial charge in [-0.2, -0.15) is 0 Å². The van der Waals surface area contributed by atoms with E-state index in [2.05, 4.69) is 12.7 Å². The number of aromatic hydroxyl groups is 1. The van der Waals surface area contributed by atoms with Crippen LogP contribution in [-0.4, -0.2) is 82.0 Å². The van der Waals surface area contributed by atoms with Crippen molar-refractivity contribution in [3.63, 3.8) is 0 Å². The van der Waals surface area contributed by atoms with E-state index in [-0.39, 0.29) is 82.0 Å². The van der Waals surface area contributed by atoms with Crippen LogP contribution in [0.5, 0.6) is 23.0 Å². The molecule has 4 aliphatic rings. The summed E-state index contributed by atoms with van der Waals surface area (Å²) in [4.78, 5) is 33.0. The highest BCUT2D eigenvalue weighted by Gasteiger charge is 2.65. The number of nitro groups is 1. The summed E-state index contributed by atoms with van der Waals surface area (Å²) in [5.41, 5.74) is 3.53. The Morgan fingerprint density at radius 2 is 1.73 bits per heavy atom. The first-order chi connectivity index (χ1) is 29.2. The molecule has 60 heavy (non-hydrogen) atoms. The van der Waals surface area contributed by atoms with Crippen LogP contribution in [0.3, 0.4) is 0 Å². The van der Waals surface area contributed by atoms with Gasteiger partial charge in [0, 0.05) is 49.8 Å². The second kappa shape index (κ2) is 19.2. The minimum Gasteiger partial charge on any atom is -0.508 e. The summed E-state index contributed by atoms with van der Waals surface area (Å²) in [7, 11) is 0. The highest BCUT2D eigenvalue weighted by atomic mass is 16.7. The average Bonchev–Trinajstić information content (AvgIpc) is 3.72. The summed E-state index contributed by atoms with van der Waals surface area (Å²) in [6.07, 6.45) is 7.59. The van der Waals surface area contributed by atoms with Crippen molar-refractivity contribution in [2.75, 3.05) is 33.2 Å². The van der Waals surface area contributed by atoms with Gasteiger partial charge in [-0.1, -0.05) is 36.2 Å². The van der Waals surface area contributed by atoms with E-state index >= 15 is 0 Å². The van der Waals surface area contributed by atoms with Gasteiger partial charge in [0.05, 0.1) is 29.8 Å². The van der Waals surface area contributed by atoms with Crippen molar-refractivity contribution >= 4 is 17.5 Å². The number of rotatable bonds is 19. The molecule has 15 heteroatoms. The first kappa shape index (κ1) is 42.5. The smallest absolute Gasteiger partial charge is 0.410 e. The Bertz CT molecular complexity index is 2070. The van der Waals surface area contributed by atoms with Crippen molar-refractivity contribution in [1.82, 2.24) is 4.90 Å². The molecule has 1 saturated carbocycles. The zero-order valence-corrected chi connectivity index (χ0v) is 33.8. The molecule has 1 fully saturated rings. The zero-order chi connectivity index (χ0) is 42.2. The van der Waals surface area contributed by atoms with Gasteiger partial charge in [0.25, 0.3) is 5.69 Å². The number of hydrogen-bond donors (Lipinski definition) is 3. The first-order valence-corrected chi connectivity index (χ1v) is 20.7. The van der Waals surface area contributed by atoms with Gasteiger partial charge in [0.15, 0.2) is 11.5 Å². The Hall–Kier alpha value is -5.64. The molecule has 0 aromatic heterocycles. The summed E-state index contributed by atoms with van der Waals surface area (Å²) < 4.78 is 31.2. The van der Waals surface area contributed by atoms with Crippen LogP contribution >= 0.6 is 0 Å². The minimum atomic E-state index is -1.54. The molecule has 1 amide bonds. The Labute approximate surface area is 348 Å². The van der Waals surface area contributed by atoms with Crippen molar-refractivity contribution in [1.29, 1.82) is 0 Å². The summed E-state index contributed by atoms with van der Waals surface area (Å²) in [6, 6.07) is 15.7. The Balaban J connectivity index is 1.41. The number of allylic oxidation sites excluding steroid dienone is 1. The predicted octanol–water partition coefficient (Wildman–Crippen LogP) is 7.52. The van der Waals surface area contributed by atoms with E-state index in [1.54, 1.807) is 54.3 Å². The topological polar surface area (TPSA) is 192 Å². The van der Waals surface area contributed by atoms with Crippen LogP contribution in [0, 0.1) is 27.9 Å². The van der Waals surface area contributed by atoms with Crippen LogP contribution in [0.4, 0.5) is 10.5 Å². The highest BCUT2D eigenvalue weighted by molar-refractivity contribution is 6.03. The van der Waals surface area contributed by atoms with Gasteiger partial charge >= 0.3 is 6.09 Å². The van der Waals surface area contributed by atoms with Gasteiger partial charge < -0.3 is 43.8 Å². The number of benzene rings is 3. The van der Waals surface area contributed by atoms with Gasteiger partial charge in [0.1, 0.15) is 24.1 Å². The van der Waals surface area contributed by atoms with Crippen LogP contribution < -0.4 is 14.2 Å². The number of non-ortho nitro benzene ring substituents is 1. The maximum absolute atomic E-state index is 14.4. The molecular formula is C45H53N3O12. The fourth-order valence-corrected chi connectivity index (χ4v) is 9.30. The molecule has 3 aromatic rings. The summed E-state index contributed by atoms with van der Waals surface area (Å²) in [5, 5.41) is 46.8. The first-order valence-electron chi connectivity index (χ1n) is 20.7. The highest BCUT2D eigenvalue weighted by Crippen LogP contribution is 2.62. The number of amides is 1. The molecular weight excluding hydrogens is 775 g/mol. The maximum atomic E-state index is 14.4. The number of nitro benzene ring substituents is 1. The van der Waals surface area contributed by atoms with E-state index in [1.165, 1.54) is 12.1 Å². The van der Waals surface area contributed by atoms with Crippen molar-refractivity contribution in [3.8, 4) is 23.0 Å². The van der Waals surface area contributed by atoms with E-state index in [9.17, 15) is 30.2 Å². The molecule has 0 bridgehead atoms. The Kier molecular flexibility index (Phi) is 13.6. The normalized spacial score (nSPS) is 24.1. The maximum Gasteiger partial charge on any atom is 0.410 e. The molecule has 2 heterocycles. The number of nitrogens with zero attached hydrogens (tertiary/aromatic N) is 3. The van der Waals surface area contributed by atoms with Gasteiger partial charge in [-0.15, -0.1) is 6.58 Å². The number of aliphatic hydroxyl groups is 2. The van der Waals surface area contributed by atoms with Crippen LogP contribution in [0.1, 0.15) is 74.5 Å². The number of ether oxygens (including phenoxy) is 5. The van der Waals surface area contributed by atoms with Crippen LogP contribution in [0.25, 0.3) is 0 Å². The molecule has 0 saturated heterocycles. The molecule has 0 radical (unpaired) electrons. The summed E-state index contributed by atoms with van der Waals surface area (Å²) in [6.45, 7) is 6.17. The summed E-state index contributed by atoms with van der Waals surface area (Å²) in [5.74, 6) is -0.794. The van der Waals surface area contributed by atoms with Gasteiger partial charge in [-0.05, 0) is 104 Å². The van der Waals surface area contributed by atoms with Crippen molar-refractivity contribution in [2.24, 2.45) is 22.9 Å². The predicted molar refractivity (Wildman–Crippen MR) is 220 cm³/mol. The van der Waals surface area contributed by atoms with Crippen molar-refractivity contribution in [2.45, 2.75) is 82.8 Å².